The number of rotatable bonds is 0. The average Bonchev–Trinajstić information content (AvgIpc) is 1.91. The first kappa shape index (κ1) is 4.81. The highest BCUT2D eigenvalue weighted by Crippen LogP contribution is 1.87. The summed E-state index contributed by atoms with van der Waals surface area (Å²) >= 11 is 0. The summed E-state index contributed by atoms with van der Waals surface area (Å²) in [6.45, 7) is 0. The van der Waals surface area contributed by atoms with Crippen LogP contribution in [0.25, 0.3) is 0 Å². The molecule has 0 aromatic carbocycles. The summed E-state index contributed by atoms with van der Waals surface area (Å²) in [4.78, 5) is 12.3. The van der Waals surface area contributed by atoms with Crippen LogP contribution in [0.15, 0.2) is 0 Å². The predicted octanol–water partition coefficient (Wildman–Crippen LogP) is -1.89. The molecule has 1 saturated heterocycles. The van der Waals surface area contributed by atoms with Crippen LogP contribution in [0, 0.1) is 0 Å². The largest absolute Gasteiger partial charge is 0.410 e. The fourth-order valence-corrected chi connectivity index (χ4v) is 0.783. The molecule has 1 aliphatic heterocycles. The third-order valence-corrected chi connectivity index (χ3v) is 1.31. The third-order valence-electron chi connectivity index (χ3n) is 1.31. The lowest BCUT2D eigenvalue weighted by Crippen LogP contribution is -2.21. The number of hydrogen-bond acceptors (Lipinski definition) is 1. The van der Waals surface area contributed by atoms with Crippen molar-refractivity contribution in [2.75, 3.05) is 7.05 Å². The van der Waals surface area contributed by atoms with E-state index in [1.165, 1.54) is 0 Å². The Morgan fingerprint density at radius 2 is 2.43 bits per heavy atom. The molecule has 0 N–H and O–H groups in total. The zero-order valence-corrected chi connectivity index (χ0v) is 4.48. The maximum atomic E-state index is 10.5. The molecule has 34 valence electrons. The third kappa shape index (κ3) is 0.815. The van der Waals surface area contributed by atoms with Crippen molar-refractivity contribution in [3.05, 3.63) is 0 Å². The van der Waals surface area contributed by atoms with E-state index in [2.05, 4.69) is 0 Å². The molecule has 1 heterocycles. The van der Waals surface area contributed by atoms with Crippen molar-refractivity contribution in [2.45, 2.75) is 0 Å². The van der Waals surface area contributed by atoms with Gasteiger partial charge < -0.3 is 4.81 Å². The minimum atomic E-state index is 0.292. The van der Waals surface area contributed by atoms with Crippen LogP contribution < -0.4 is 0 Å². The van der Waals surface area contributed by atoms with Crippen molar-refractivity contribution in [3.63, 3.8) is 0 Å². The van der Waals surface area contributed by atoms with Crippen LogP contribution in [0.3, 0.4) is 0 Å². The minimum absolute atomic E-state index is 0.292. The Morgan fingerprint density at radius 1 is 1.71 bits per heavy atom. The van der Waals surface area contributed by atoms with Crippen LogP contribution in [0.2, 0.25) is 0 Å². The Hall–Kier alpha value is -0.335. The lowest BCUT2D eigenvalue weighted by molar-refractivity contribution is 0.250. The summed E-state index contributed by atoms with van der Waals surface area (Å²) in [7, 11) is 4.61. The van der Waals surface area contributed by atoms with E-state index in [-0.39, 0.29) is 0 Å². The quantitative estimate of drug-likeness (QED) is 0.320. The smallest absolute Gasteiger partial charge is 0.191 e. The van der Waals surface area contributed by atoms with Gasteiger partial charge in [-0.2, -0.15) is 0 Å². The van der Waals surface area contributed by atoms with Gasteiger partial charge in [0.25, 0.3) is 0 Å². The van der Waals surface area contributed by atoms with Crippen molar-refractivity contribution in [1.82, 2.24) is 4.81 Å². The Morgan fingerprint density at radius 3 is 2.57 bits per heavy atom. The molecule has 2 nitrogen and oxygen atoms in total. The number of amides is 1. The Balaban J connectivity index is 2.48. The zero-order chi connectivity index (χ0) is 5.28. The second-order valence-electron chi connectivity index (χ2n) is 1.92. The van der Waals surface area contributed by atoms with E-state index in [4.69, 9.17) is 0 Å². The summed E-state index contributed by atoms with van der Waals surface area (Å²) in [5, 5.41) is 0. The van der Waals surface area contributed by atoms with Crippen LogP contribution in [0.1, 0.15) is 0 Å². The molecule has 0 saturated carbocycles. The van der Waals surface area contributed by atoms with Gasteiger partial charge in [-0.05, 0) is 7.05 Å². The highest BCUT2D eigenvalue weighted by molar-refractivity contribution is 7.40. The van der Waals surface area contributed by atoms with Crippen LogP contribution in [0.5, 0.6) is 0 Å². The molecule has 0 bridgehead atoms. The molecule has 0 unspecified atom stereocenters. The van der Waals surface area contributed by atoms with Gasteiger partial charge in [0.1, 0.15) is 5.81 Å². The lowest BCUT2D eigenvalue weighted by Gasteiger charge is -2.05. The van der Waals surface area contributed by atoms with Gasteiger partial charge >= 0.3 is 0 Å². The normalized spacial score (nSPS) is 17.9. The molecule has 1 aliphatic rings. The van der Waals surface area contributed by atoms with Gasteiger partial charge in [-0.25, -0.2) is 0 Å². The molecule has 0 spiro atoms. The van der Waals surface area contributed by atoms with Crippen LogP contribution in [-0.4, -0.2) is 39.2 Å². The standard InChI is InChI=1S/C2H6B3NO/c1-6-2(7)3-4-5-6/h3-5H,1H3. The van der Waals surface area contributed by atoms with Crippen molar-refractivity contribution in [2.24, 2.45) is 0 Å². The summed E-state index contributed by atoms with van der Waals surface area (Å²) in [5.74, 6) is 0.292. The molecule has 0 radical (unpaired) electrons. The maximum absolute atomic E-state index is 10.5. The summed E-state index contributed by atoms with van der Waals surface area (Å²) in [5.41, 5.74) is 0. The van der Waals surface area contributed by atoms with E-state index in [1.54, 1.807) is 4.81 Å². The van der Waals surface area contributed by atoms with Gasteiger partial charge in [-0.1, -0.05) is 0 Å². The van der Waals surface area contributed by atoms with Gasteiger partial charge in [0.2, 0.25) is 0 Å². The predicted molar refractivity (Wildman–Crippen MR) is 34.6 cm³/mol. The first-order valence-corrected chi connectivity index (χ1v) is 2.54. The Bertz CT molecular complexity index is 94.9. The molecule has 5 heteroatoms. The van der Waals surface area contributed by atoms with E-state index >= 15 is 0 Å². The van der Waals surface area contributed by atoms with E-state index in [0.717, 1.165) is 21.5 Å². The highest BCUT2D eigenvalue weighted by Gasteiger charge is 2.18. The molecule has 1 fully saturated rings. The summed E-state index contributed by atoms with van der Waals surface area (Å²) in [6.07, 6.45) is 0. The number of hydrogen-bond donors (Lipinski definition) is 0. The van der Waals surface area contributed by atoms with Crippen molar-refractivity contribution >= 4 is 27.3 Å². The van der Waals surface area contributed by atoms with E-state index in [9.17, 15) is 4.79 Å². The highest BCUT2D eigenvalue weighted by atomic mass is 16.1. The van der Waals surface area contributed by atoms with Gasteiger partial charge in [0.15, 0.2) is 14.5 Å². The zero-order valence-electron chi connectivity index (χ0n) is 4.48. The minimum Gasteiger partial charge on any atom is -0.410 e. The number of carbonyl (C=O) groups is 1. The molecule has 0 atom stereocenters. The monoisotopic (exact) mass is 93.1 g/mol. The molecule has 0 aromatic heterocycles. The van der Waals surface area contributed by atoms with Crippen LogP contribution >= 0.6 is 0 Å². The van der Waals surface area contributed by atoms with Crippen molar-refractivity contribution < 1.29 is 4.79 Å². The first-order valence-electron chi connectivity index (χ1n) is 2.54. The number of carbonyl (C=O) groups excluding carboxylic acids is 1. The van der Waals surface area contributed by atoms with Crippen LogP contribution in [0.4, 0.5) is 4.79 Å². The van der Waals surface area contributed by atoms with Gasteiger partial charge in [0.05, 0.1) is 7.06 Å². The average molecular weight is 92.5 g/mol. The summed E-state index contributed by atoms with van der Waals surface area (Å²) < 4.78 is 0. The van der Waals surface area contributed by atoms with Gasteiger partial charge in [-0.3, -0.25) is 4.79 Å². The van der Waals surface area contributed by atoms with E-state index in [1.807, 2.05) is 7.05 Å². The fourth-order valence-electron chi connectivity index (χ4n) is 0.783. The molecular weight excluding hydrogens is 86.5 g/mol. The molecule has 0 aromatic rings. The topological polar surface area (TPSA) is 20.3 Å². The van der Waals surface area contributed by atoms with E-state index < -0.39 is 0 Å². The lowest BCUT2D eigenvalue weighted by atomic mass is 9.27. The van der Waals surface area contributed by atoms with Gasteiger partial charge in [-0.15, -0.1) is 0 Å². The molecule has 7 heavy (non-hydrogen) atoms. The molecule has 0 aliphatic carbocycles. The van der Waals surface area contributed by atoms with Crippen molar-refractivity contribution in [3.8, 4) is 0 Å². The first-order chi connectivity index (χ1) is 3.30. The second-order valence-corrected chi connectivity index (χ2v) is 1.92. The van der Waals surface area contributed by atoms with Gasteiger partial charge in [0, 0.05) is 0 Å². The molecular formula is C2H6B3NO. The van der Waals surface area contributed by atoms with Crippen LogP contribution in [-0.2, 0) is 0 Å². The van der Waals surface area contributed by atoms with Crippen molar-refractivity contribution in [1.29, 1.82) is 0 Å². The molecule has 1 rings (SSSR count). The Kier molecular flexibility index (Phi) is 1.13. The second kappa shape index (κ2) is 1.64. The van der Waals surface area contributed by atoms with E-state index in [0.29, 0.717) is 5.81 Å². The maximum Gasteiger partial charge on any atom is 0.191 e. The number of nitrogens with zero attached hydrogens (tertiary/aromatic N) is 1. The SMILES string of the molecule is CN1BBBC1=O. The Labute approximate surface area is 45.0 Å². The summed E-state index contributed by atoms with van der Waals surface area (Å²) in [6, 6.07) is 0. The molecule has 1 amide bonds. The fraction of sp³-hybridized carbons (Fsp3) is 0.500.